The monoisotopic (exact) mass is 287 g/mol. The lowest BCUT2D eigenvalue weighted by molar-refractivity contribution is 0.241. The van der Waals surface area contributed by atoms with Crippen LogP contribution in [0.3, 0.4) is 0 Å². The molecule has 0 spiro atoms. The van der Waals surface area contributed by atoms with E-state index >= 15 is 0 Å². The number of piperazine rings is 1. The van der Waals surface area contributed by atoms with E-state index in [0.717, 1.165) is 51.4 Å². The average molecular weight is 288 g/mol. The zero-order valence-corrected chi connectivity index (χ0v) is 11.9. The highest BCUT2D eigenvalue weighted by Crippen LogP contribution is 2.18. The highest BCUT2D eigenvalue weighted by atomic mass is 35.5. The molecule has 0 atom stereocenters. The first-order chi connectivity index (χ1) is 8.74. The Hall–Kier alpha value is -0.320. The standard InChI is InChI=1S/C13H19Cl2N3/c14-12-7-11(8-13(15)9-12)10-17-3-6-18-4-1-16-2-5-18/h7-9,16-17H,1-6,10H2. The van der Waals surface area contributed by atoms with Gasteiger partial charge in [-0.1, -0.05) is 23.2 Å². The molecule has 0 aromatic heterocycles. The van der Waals surface area contributed by atoms with Crippen LogP contribution in [0.15, 0.2) is 18.2 Å². The normalized spacial score (nSPS) is 17.0. The van der Waals surface area contributed by atoms with Crippen LogP contribution in [0.25, 0.3) is 0 Å². The molecule has 0 radical (unpaired) electrons. The van der Waals surface area contributed by atoms with E-state index in [0.29, 0.717) is 10.0 Å². The van der Waals surface area contributed by atoms with Crippen LogP contribution in [0.5, 0.6) is 0 Å². The Morgan fingerprint density at radius 1 is 1.11 bits per heavy atom. The van der Waals surface area contributed by atoms with E-state index in [1.807, 2.05) is 12.1 Å². The predicted molar refractivity (Wildman–Crippen MR) is 77.5 cm³/mol. The van der Waals surface area contributed by atoms with Crippen LogP contribution < -0.4 is 10.6 Å². The maximum atomic E-state index is 5.96. The lowest BCUT2D eigenvalue weighted by atomic mass is 10.2. The summed E-state index contributed by atoms with van der Waals surface area (Å²) < 4.78 is 0. The predicted octanol–water partition coefficient (Wildman–Crippen LogP) is 1.99. The maximum absolute atomic E-state index is 5.96. The molecule has 1 aliphatic rings. The van der Waals surface area contributed by atoms with Crippen molar-refractivity contribution in [3.8, 4) is 0 Å². The summed E-state index contributed by atoms with van der Waals surface area (Å²) in [7, 11) is 0. The van der Waals surface area contributed by atoms with Gasteiger partial charge < -0.3 is 10.6 Å². The first-order valence-electron chi connectivity index (χ1n) is 6.33. The van der Waals surface area contributed by atoms with Crippen LogP contribution in [-0.2, 0) is 6.54 Å². The molecule has 100 valence electrons. The Labute approximate surface area is 118 Å². The van der Waals surface area contributed by atoms with Crippen molar-refractivity contribution >= 4 is 23.2 Å². The molecule has 0 amide bonds. The smallest absolute Gasteiger partial charge is 0.0424 e. The lowest BCUT2D eigenvalue weighted by Crippen LogP contribution is -2.45. The summed E-state index contributed by atoms with van der Waals surface area (Å²) in [4.78, 5) is 2.47. The molecule has 2 N–H and O–H groups in total. The Morgan fingerprint density at radius 3 is 2.44 bits per heavy atom. The van der Waals surface area contributed by atoms with E-state index in [-0.39, 0.29) is 0 Å². The number of benzene rings is 1. The van der Waals surface area contributed by atoms with Crippen LogP contribution in [0.4, 0.5) is 0 Å². The number of nitrogens with one attached hydrogen (secondary N) is 2. The molecule has 3 nitrogen and oxygen atoms in total. The Bertz CT molecular complexity index is 358. The highest BCUT2D eigenvalue weighted by Gasteiger charge is 2.08. The van der Waals surface area contributed by atoms with Gasteiger partial charge >= 0.3 is 0 Å². The van der Waals surface area contributed by atoms with Crippen molar-refractivity contribution in [2.24, 2.45) is 0 Å². The molecule has 1 aliphatic heterocycles. The molecule has 2 rings (SSSR count). The van der Waals surface area contributed by atoms with Gasteiger partial charge in [0.2, 0.25) is 0 Å². The summed E-state index contributed by atoms with van der Waals surface area (Å²) in [5, 5.41) is 8.17. The number of rotatable bonds is 5. The molecule has 0 unspecified atom stereocenters. The molecule has 5 heteroatoms. The Kier molecular flexibility index (Phi) is 5.73. The first-order valence-corrected chi connectivity index (χ1v) is 7.08. The summed E-state index contributed by atoms with van der Waals surface area (Å²) in [5.74, 6) is 0. The van der Waals surface area contributed by atoms with E-state index in [1.165, 1.54) is 0 Å². The molecule has 0 bridgehead atoms. The third-order valence-electron chi connectivity index (χ3n) is 3.07. The fourth-order valence-electron chi connectivity index (χ4n) is 2.12. The van der Waals surface area contributed by atoms with Crippen LogP contribution in [0.2, 0.25) is 10.0 Å². The van der Waals surface area contributed by atoms with Crippen molar-refractivity contribution in [2.45, 2.75) is 6.54 Å². The zero-order chi connectivity index (χ0) is 12.8. The minimum atomic E-state index is 0.696. The molecule has 1 saturated heterocycles. The van der Waals surface area contributed by atoms with Crippen LogP contribution in [-0.4, -0.2) is 44.2 Å². The minimum Gasteiger partial charge on any atom is -0.314 e. The summed E-state index contributed by atoms with van der Waals surface area (Å²) >= 11 is 11.9. The van der Waals surface area contributed by atoms with Gasteiger partial charge in [0.05, 0.1) is 0 Å². The van der Waals surface area contributed by atoms with Gasteiger partial charge in [-0.2, -0.15) is 0 Å². The van der Waals surface area contributed by atoms with Crippen molar-refractivity contribution in [3.05, 3.63) is 33.8 Å². The molecule has 18 heavy (non-hydrogen) atoms. The van der Waals surface area contributed by atoms with Gasteiger partial charge in [0.25, 0.3) is 0 Å². The van der Waals surface area contributed by atoms with Gasteiger partial charge in [0.1, 0.15) is 0 Å². The van der Waals surface area contributed by atoms with Crippen molar-refractivity contribution in [2.75, 3.05) is 39.3 Å². The fraction of sp³-hybridized carbons (Fsp3) is 0.538. The van der Waals surface area contributed by atoms with Crippen LogP contribution in [0.1, 0.15) is 5.56 Å². The molecule has 1 heterocycles. The van der Waals surface area contributed by atoms with Gasteiger partial charge in [0.15, 0.2) is 0 Å². The number of halogens is 2. The molecular weight excluding hydrogens is 269 g/mol. The second kappa shape index (κ2) is 7.31. The average Bonchev–Trinajstić information content (AvgIpc) is 2.35. The number of nitrogens with zero attached hydrogens (tertiary/aromatic N) is 1. The van der Waals surface area contributed by atoms with Crippen molar-refractivity contribution < 1.29 is 0 Å². The summed E-state index contributed by atoms with van der Waals surface area (Å²) in [6.07, 6.45) is 0. The van der Waals surface area contributed by atoms with E-state index in [2.05, 4.69) is 15.5 Å². The summed E-state index contributed by atoms with van der Waals surface area (Å²) in [5.41, 5.74) is 1.13. The second-order valence-electron chi connectivity index (χ2n) is 4.55. The quantitative estimate of drug-likeness (QED) is 0.811. The number of hydrogen-bond acceptors (Lipinski definition) is 3. The van der Waals surface area contributed by atoms with Crippen molar-refractivity contribution in [1.29, 1.82) is 0 Å². The van der Waals surface area contributed by atoms with Crippen LogP contribution >= 0.6 is 23.2 Å². The molecule has 0 aliphatic carbocycles. The van der Waals surface area contributed by atoms with Crippen LogP contribution in [0, 0.1) is 0 Å². The molecular formula is C13H19Cl2N3. The van der Waals surface area contributed by atoms with E-state index in [1.54, 1.807) is 6.07 Å². The Balaban J connectivity index is 1.68. The SMILES string of the molecule is Clc1cc(Cl)cc(CNCCN2CCNCC2)c1. The second-order valence-corrected chi connectivity index (χ2v) is 5.42. The third kappa shape index (κ3) is 4.75. The highest BCUT2D eigenvalue weighted by molar-refractivity contribution is 6.34. The third-order valence-corrected chi connectivity index (χ3v) is 3.50. The molecule has 1 aromatic rings. The van der Waals surface area contributed by atoms with Gasteiger partial charge in [-0.05, 0) is 23.8 Å². The molecule has 1 fully saturated rings. The van der Waals surface area contributed by atoms with Gasteiger partial charge in [-0.25, -0.2) is 0 Å². The lowest BCUT2D eigenvalue weighted by Gasteiger charge is -2.27. The van der Waals surface area contributed by atoms with Gasteiger partial charge in [-0.15, -0.1) is 0 Å². The van der Waals surface area contributed by atoms with E-state index in [4.69, 9.17) is 23.2 Å². The maximum Gasteiger partial charge on any atom is 0.0424 e. The summed E-state index contributed by atoms with van der Waals surface area (Å²) in [6, 6.07) is 5.66. The number of hydrogen-bond donors (Lipinski definition) is 2. The summed E-state index contributed by atoms with van der Waals surface area (Å²) in [6.45, 7) is 7.38. The Morgan fingerprint density at radius 2 is 1.78 bits per heavy atom. The van der Waals surface area contributed by atoms with E-state index in [9.17, 15) is 0 Å². The fourth-order valence-corrected chi connectivity index (χ4v) is 2.69. The van der Waals surface area contributed by atoms with E-state index < -0.39 is 0 Å². The largest absolute Gasteiger partial charge is 0.314 e. The molecule has 1 aromatic carbocycles. The van der Waals surface area contributed by atoms with Gasteiger partial charge in [0, 0.05) is 55.9 Å². The van der Waals surface area contributed by atoms with Crippen molar-refractivity contribution in [1.82, 2.24) is 15.5 Å². The zero-order valence-electron chi connectivity index (χ0n) is 10.4. The topological polar surface area (TPSA) is 27.3 Å². The molecule has 0 saturated carbocycles. The van der Waals surface area contributed by atoms with Crippen molar-refractivity contribution in [3.63, 3.8) is 0 Å². The van der Waals surface area contributed by atoms with Gasteiger partial charge in [-0.3, -0.25) is 4.90 Å². The first kappa shape index (κ1) is 14.1. The minimum absolute atomic E-state index is 0.696.